The minimum Gasteiger partial charge on any atom is -0.366 e. The summed E-state index contributed by atoms with van der Waals surface area (Å²) < 4.78 is 2.07. The first kappa shape index (κ1) is 12.5. The van der Waals surface area contributed by atoms with Crippen molar-refractivity contribution in [1.82, 2.24) is 4.57 Å². The molecule has 20 heavy (non-hydrogen) atoms. The van der Waals surface area contributed by atoms with Gasteiger partial charge in [0.1, 0.15) is 0 Å². The lowest BCUT2D eigenvalue weighted by Crippen LogP contribution is -2.10. The normalized spacial score (nSPS) is 10.8. The Morgan fingerprint density at radius 3 is 2.70 bits per heavy atom. The number of carbonyl (C=O) groups excluding carboxylic acids is 1. The molecule has 3 heteroatoms. The average Bonchev–Trinajstić information content (AvgIpc) is 2.78. The van der Waals surface area contributed by atoms with Gasteiger partial charge in [-0.2, -0.15) is 0 Å². The highest BCUT2D eigenvalue weighted by Gasteiger charge is 2.12. The van der Waals surface area contributed by atoms with Crippen LogP contribution in [0.5, 0.6) is 0 Å². The van der Waals surface area contributed by atoms with Gasteiger partial charge < -0.3 is 10.3 Å². The van der Waals surface area contributed by atoms with Gasteiger partial charge in [0.25, 0.3) is 5.91 Å². The maximum atomic E-state index is 11.5. The number of rotatable bonds is 3. The first-order chi connectivity index (χ1) is 9.65. The molecule has 0 spiro atoms. The number of benzene rings is 2. The van der Waals surface area contributed by atoms with Gasteiger partial charge in [0, 0.05) is 23.6 Å². The van der Waals surface area contributed by atoms with Gasteiger partial charge in [0.05, 0.1) is 5.56 Å². The summed E-state index contributed by atoms with van der Waals surface area (Å²) in [5.74, 6) is -0.385. The Balaban J connectivity index is 2.10. The van der Waals surface area contributed by atoms with E-state index in [2.05, 4.69) is 29.7 Å². The lowest BCUT2D eigenvalue weighted by molar-refractivity contribution is 0.100. The first-order valence-electron chi connectivity index (χ1n) is 6.58. The SMILES string of the molecule is Cc1cccc(Cn2cc(C(N)=O)c3ccccc32)c1. The summed E-state index contributed by atoms with van der Waals surface area (Å²) in [6.45, 7) is 2.81. The monoisotopic (exact) mass is 264 g/mol. The van der Waals surface area contributed by atoms with Crippen LogP contribution in [0, 0.1) is 6.92 Å². The van der Waals surface area contributed by atoms with Crippen molar-refractivity contribution in [2.24, 2.45) is 5.73 Å². The van der Waals surface area contributed by atoms with Gasteiger partial charge in [-0.05, 0) is 18.6 Å². The van der Waals surface area contributed by atoms with E-state index >= 15 is 0 Å². The molecule has 1 aromatic heterocycles. The van der Waals surface area contributed by atoms with Crippen molar-refractivity contribution < 1.29 is 4.79 Å². The van der Waals surface area contributed by atoms with E-state index < -0.39 is 0 Å². The number of primary amides is 1. The lowest BCUT2D eigenvalue weighted by Gasteiger charge is -2.06. The average molecular weight is 264 g/mol. The summed E-state index contributed by atoms with van der Waals surface area (Å²) in [6, 6.07) is 16.2. The fourth-order valence-electron chi connectivity index (χ4n) is 2.58. The molecule has 0 aliphatic rings. The minimum absolute atomic E-state index is 0.385. The molecular weight excluding hydrogens is 248 g/mol. The van der Waals surface area contributed by atoms with E-state index in [1.807, 2.05) is 36.5 Å². The highest BCUT2D eigenvalue weighted by molar-refractivity contribution is 6.06. The third kappa shape index (κ3) is 2.18. The van der Waals surface area contributed by atoms with Crippen LogP contribution in [0.3, 0.4) is 0 Å². The van der Waals surface area contributed by atoms with Crippen LogP contribution in [0.1, 0.15) is 21.5 Å². The van der Waals surface area contributed by atoms with Crippen LogP contribution < -0.4 is 5.73 Å². The van der Waals surface area contributed by atoms with Crippen LogP contribution in [-0.4, -0.2) is 10.5 Å². The Morgan fingerprint density at radius 2 is 1.95 bits per heavy atom. The fraction of sp³-hybridized carbons (Fsp3) is 0.118. The van der Waals surface area contributed by atoms with E-state index in [-0.39, 0.29) is 5.91 Å². The molecule has 0 aliphatic carbocycles. The zero-order valence-corrected chi connectivity index (χ0v) is 11.3. The van der Waals surface area contributed by atoms with Gasteiger partial charge in [0.2, 0.25) is 0 Å². The fourth-order valence-corrected chi connectivity index (χ4v) is 2.58. The molecule has 3 aromatic rings. The smallest absolute Gasteiger partial charge is 0.250 e. The molecule has 0 fully saturated rings. The highest BCUT2D eigenvalue weighted by Crippen LogP contribution is 2.22. The predicted octanol–water partition coefficient (Wildman–Crippen LogP) is 3.10. The summed E-state index contributed by atoms with van der Waals surface area (Å²) in [4.78, 5) is 11.5. The van der Waals surface area contributed by atoms with E-state index in [1.54, 1.807) is 0 Å². The van der Waals surface area contributed by atoms with Crippen LogP contribution >= 0.6 is 0 Å². The zero-order valence-electron chi connectivity index (χ0n) is 11.3. The largest absolute Gasteiger partial charge is 0.366 e. The van der Waals surface area contributed by atoms with Gasteiger partial charge in [-0.3, -0.25) is 4.79 Å². The van der Waals surface area contributed by atoms with Gasteiger partial charge >= 0.3 is 0 Å². The molecule has 3 rings (SSSR count). The van der Waals surface area contributed by atoms with Gasteiger partial charge in [0.15, 0.2) is 0 Å². The first-order valence-corrected chi connectivity index (χ1v) is 6.58. The van der Waals surface area contributed by atoms with Crippen molar-refractivity contribution in [3.05, 3.63) is 71.4 Å². The van der Waals surface area contributed by atoms with Crippen molar-refractivity contribution in [2.75, 3.05) is 0 Å². The van der Waals surface area contributed by atoms with E-state index in [9.17, 15) is 4.79 Å². The topological polar surface area (TPSA) is 48.0 Å². The van der Waals surface area contributed by atoms with Crippen molar-refractivity contribution in [1.29, 1.82) is 0 Å². The van der Waals surface area contributed by atoms with Gasteiger partial charge in [-0.25, -0.2) is 0 Å². The van der Waals surface area contributed by atoms with E-state index in [4.69, 9.17) is 5.73 Å². The van der Waals surface area contributed by atoms with Crippen LogP contribution in [-0.2, 0) is 6.54 Å². The van der Waals surface area contributed by atoms with Gasteiger partial charge in [-0.15, -0.1) is 0 Å². The number of carbonyl (C=O) groups is 1. The second-order valence-corrected chi connectivity index (χ2v) is 5.04. The van der Waals surface area contributed by atoms with Crippen molar-refractivity contribution in [2.45, 2.75) is 13.5 Å². The molecule has 2 aromatic carbocycles. The Bertz CT molecular complexity index is 787. The molecule has 0 aliphatic heterocycles. The number of aromatic nitrogens is 1. The van der Waals surface area contributed by atoms with E-state index in [0.29, 0.717) is 5.56 Å². The number of amides is 1. The van der Waals surface area contributed by atoms with Crippen LogP contribution in [0.2, 0.25) is 0 Å². The molecule has 0 bridgehead atoms. The van der Waals surface area contributed by atoms with Crippen molar-refractivity contribution >= 4 is 16.8 Å². The maximum absolute atomic E-state index is 11.5. The summed E-state index contributed by atoms with van der Waals surface area (Å²) in [5, 5.41) is 0.910. The predicted molar refractivity (Wildman–Crippen MR) is 80.7 cm³/mol. The van der Waals surface area contributed by atoms with E-state index in [1.165, 1.54) is 11.1 Å². The Labute approximate surface area is 117 Å². The number of para-hydroxylation sites is 1. The Morgan fingerprint density at radius 1 is 1.15 bits per heavy atom. The second-order valence-electron chi connectivity index (χ2n) is 5.04. The van der Waals surface area contributed by atoms with E-state index in [0.717, 1.165) is 17.4 Å². The van der Waals surface area contributed by atoms with Crippen LogP contribution in [0.15, 0.2) is 54.7 Å². The van der Waals surface area contributed by atoms with Crippen molar-refractivity contribution in [3.63, 3.8) is 0 Å². The maximum Gasteiger partial charge on any atom is 0.250 e. The van der Waals surface area contributed by atoms with Gasteiger partial charge in [-0.1, -0.05) is 48.0 Å². The molecule has 0 atom stereocenters. The molecule has 0 radical (unpaired) electrons. The van der Waals surface area contributed by atoms with Crippen molar-refractivity contribution in [3.8, 4) is 0 Å². The molecule has 100 valence electrons. The Kier molecular flexibility index (Phi) is 3.03. The third-order valence-electron chi connectivity index (χ3n) is 3.49. The summed E-state index contributed by atoms with van der Waals surface area (Å²) in [6.07, 6.45) is 1.84. The molecular formula is C17H16N2O. The molecule has 0 saturated carbocycles. The number of nitrogens with zero attached hydrogens (tertiary/aromatic N) is 1. The highest BCUT2D eigenvalue weighted by atomic mass is 16.1. The summed E-state index contributed by atoms with van der Waals surface area (Å²) in [5.41, 5.74) is 9.51. The van der Waals surface area contributed by atoms with Crippen LogP contribution in [0.4, 0.5) is 0 Å². The summed E-state index contributed by atoms with van der Waals surface area (Å²) >= 11 is 0. The standard InChI is InChI=1S/C17H16N2O/c1-12-5-4-6-13(9-12)10-19-11-15(17(18)20)14-7-2-3-8-16(14)19/h2-9,11H,10H2,1H3,(H2,18,20). The number of hydrogen-bond acceptors (Lipinski definition) is 1. The third-order valence-corrected chi connectivity index (χ3v) is 3.49. The molecule has 3 nitrogen and oxygen atoms in total. The second kappa shape index (κ2) is 4.85. The number of hydrogen-bond donors (Lipinski definition) is 1. The number of nitrogens with two attached hydrogens (primary N) is 1. The zero-order chi connectivity index (χ0) is 14.1. The number of fused-ring (bicyclic) bond motifs is 1. The molecule has 1 amide bonds. The number of aryl methyl sites for hydroxylation is 1. The molecule has 1 heterocycles. The lowest BCUT2D eigenvalue weighted by atomic mass is 10.1. The molecule has 0 saturated heterocycles. The summed E-state index contributed by atoms with van der Waals surface area (Å²) in [7, 11) is 0. The molecule has 0 unspecified atom stereocenters. The molecule has 2 N–H and O–H groups in total. The quantitative estimate of drug-likeness (QED) is 0.776. The van der Waals surface area contributed by atoms with Crippen LogP contribution in [0.25, 0.3) is 10.9 Å². The Hall–Kier alpha value is -2.55. The minimum atomic E-state index is -0.385.